The number of benzene rings is 4. The number of fused-ring (bicyclic) bond motifs is 2. The summed E-state index contributed by atoms with van der Waals surface area (Å²) >= 11 is -4.92. The van der Waals surface area contributed by atoms with Gasteiger partial charge >= 0.3 is 345 Å². The summed E-state index contributed by atoms with van der Waals surface area (Å²) in [7, 11) is 17.9. The number of hydrogen-bond donors (Lipinski definition) is 0. The monoisotopic (exact) mass is 863 g/mol. The van der Waals surface area contributed by atoms with Crippen molar-refractivity contribution in [2.75, 3.05) is 0 Å². The maximum absolute atomic E-state index is 8.94. The number of hydrogen-bond acceptors (Lipinski definition) is 0. The van der Waals surface area contributed by atoms with E-state index in [4.69, 9.17) is 17.0 Å². The van der Waals surface area contributed by atoms with Gasteiger partial charge in [-0.15, -0.1) is 0 Å². The molecule has 289 valence electrons. The summed E-state index contributed by atoms with van der Waals surface area (Å²) in [5.74, 6) is 0.369. The predicted molar refractivity (Wildman–Crippen MR) is 242 cm³/mol. The van der Waals surface area contributed by atoms with Gasteiger partial charge in [0.2, 0.25) is 0 Å². The van der Waals surface area contributed by atoms with E-state index in [1.165, 1.54) is 119 Å². The molecule has 4 heteroatoms. The molecular weight excluding hydrogens is 803 g/mol. The first-order chi connectivity index (χ1) is 26.3. The van der Waals surface area contributed by atoms with Crippen molar-refractivity contribution >= 4 is 35.1 Å². The van der Waals surface area contributed by atoms with E-state index in [2.05, 4.69) is 145 Å². The maximum atomic E-state index is 8.94. The third-order valence-corrected chi connectivity index (χ3v) is 66.5. The van der Waals surface area contributed by atoms with Crippen molar-refractivity contribution in [2.45, 2.75) is 131 Å². The second-order valence-electron chi connectivity index (χ2n) is 19.3. The Hall–Kier alpha value is -1.96. The van der Waals surface area contributed by atoms with Gasteiger partial charge in [-0.05, 0) is 0 Å². The van der Waals surface area contributed by atoms with Gasteiger partial charge in [-0.1, -0.05) is 0 Å². The molecule has 2 atom stereocenters. The average Bonchev–Trinajstić information content (AvgIpc) is 3.79. The van der Waals surface area contributed by atoms with Crippen LogP contribution in [0.1, 0.15) is 145 Å². The molecule has 0 spiro atoms. The standard InChI is InChI=1S/C26H31.C23H25.C2H7Si.2ClH.Zr/c1-18-8-10-19(11-9-18)22-16-21-6-5-7-24(25(21)17-22)20-12-14-23(15-13-20)26(2,3)4;1-2-17-15-21-9-6-10-22(23(21)16-17)20-13-11-19(12-14-20)18-7-4-3-5-8-18;1-3-2;;;/h5-7,12-19H,8-11H2,1-4H3;6,9-16,18H,2-5,7-8H2,1H3;3H,1-2H3;2*1H;/q;;;;;+2/p-2. The topological polar surface area (TPSA) is 0 Å². The Morgan fingerprint density at radius 3 is 1.73 bits per heavy atom. The van der Waals surface area contributed by atoms with Gasteiger partial charge < -0.3 is 0 Å². The molecule has 0 nitrogen and oxygen atoms in total. The van der Waals surface area contributed by atoms with Crippen molar-refractivity contribution < 1.29 is 15.6 Å². The molecule has 4 aliphatic carbocycles. The third kappa shape index (κ3) is 7.04. The van der Waals surface area contributed by atoms with E-state index in [9.17, 15) is 0 Å². The van der Waals surface area contributed by atoms with Crippen LogP contribution in [0.5, 0.6) is 0 Å². The van der Waals surface area contributed by atoms with E-state index >= 15 is 0 Å². The average molecular weight is 866 g/mol. The molecule has 4 aliphatic rings. The van der Waals surface area contributed by atoms with Gasteiger partial charge in [0, 0.05) is 0 Å². The summed E-state index contributed by atoms with van der Waals surface area (Å²) in [6.45, 7) is 16.7. The van der Waals surface area contributed by atoms with E-state index in [0.29, 0.717) is 11.8 Å². The Bertz CT molecular complexity index is 2100. The fourth-order valence-corrected chi connectivity index (χ4v) is 42.7. The van der Waals surface area contributed by atoms with Crippen molar-refractivity contribution in [3.05, 3.63) is 129 Å². The molecule has 0 saturated heterocycles. The summed E-state index contributed by atoms with van der Waals surface area (Å²) in [6.07, 6.45) is 18.0. The van der Waals surface area contributed by atoms with Crippen LogP contribution in [-0.2, 0) is 21.0 Å². The zero-order valence-electron chi connectivity index (χ0n) is 34.5. The first kappa shape index (κ1) is 39.8. The molecule has 2 unspecified atom stereocenters. The molecule has 0 bridgehead atoms. The second kappa shape index (κ2) is 15.3. The molecule has 55 heavy (non-hydrogen) atoms. The number of rotatable bonds is 8. The van der Waals surface area contributed by atoms with Crippen LogP contribution < -0.4 is 0 Å². The van der Waals surface area contributed by atoms with E-state index in [-0.39, 0.29) is 12.7 Å². The third-order valence-electron chi connectivity index (χ3n) is 14.7. The van der Waals surface area contributed by atoms with E-state index in [0.717, 1.165) is 12.3 Å². The molecule has 0 aromatic heterocycles. The van der Waals surface area contributed by atoms with Crippen molar-refractivity contribution in [3.8, 4) is 22.3 Å². The van der Waals surface area contributed by atoms with Gasteiger partial charge in [-0.2, -0.15) is 0 Å². The second-order valence-corrected chi connectivity index (χ2v) is 61.8. The zero-order valence-corrected chi connectivity index (χ0v) is 39.7. The van der Waals surface area contributed by atoms with Crippen LogP contribution in [0.2, 0.25) is 13.1 Å². The first-order valence-corrected chi connectivity index (χ1v) is 38.1. The predicted octanol–water partition coefficient (Wildman–Crippen LogP) is 16.2. The van der Waals surface area contributed by atoms with Gasteiger partial charge in [-0.3, -0.25) is 0 Å². The van der Waals surface area contributed by atoms with Crippen LogP contribution in [0.4, 0.5) is 0 Å². The van der Waals surface area contributed by atoms with Gasteiger partial charge in [0.25, 0.3) is 0 Å². The van der Waals surface area contributed by atoms with Crippen LogP contribution >= 0.6 is 17.0 Å². The number of halogens is 2. The Morgan fingerprint density at radius 2 is 1.18 bits per heavy atom. The van der Waals surface area contributed by atoms with Crippen LogP contribution in [-0.4, -0.2) is 5.92 Å². The van der Waals surface area contributed by atoms with Crippen molar-refractivity contribution in [1.29, 1.82) is 0 Å². The van der Waals surface area contributed by atoms with Gasteiger partial charge in [0.05, 0.1) is 0 Å². The Balaban J connectivity index is 1.27. The Kier molecular flexibility index (Phi) is 11.1. The fourth-order valence-electron chi connectivity index (χ4n) is 11.3. The minimum absolute atomic E-state index is 0.118. The van der Waals surface area contributed by atoms with Gasteiger partial charge in [-0.25, -0.2) is 0 Å². The molecule has 0 heterocycles. The summed E-state index contributed by atoms with van der Waals surface area (Å²) in [5, 5.41) is 0. The molecule has 4 aromatic carbocycles. The fraction of sp³-hybridized carbons (Fsp3) is 0.451. The van der Waals surface area contributed by atoms with Crippen molar-refractivity contribution in [3.63, 3.8) is 0 Å². The summed E-state index contributed by atoms with van der Waals surface area (Å²) in [6, 6.07) is 33.1. The molecule has 0 N–H and O–H groups in total. The molecular formula is C51H63Cl2SiZr. The first-order valence-electron chi connectivity index (χ1n) is 21.8. The molecule has 0 amide bonds. The van der Waals surface area contributed by atoms with E-state index in [1.54, 1.807) is 5.57 Å². The Morgan fingerprint density at radius 1 is 0.636 bits per heavy atom. The summed E-state index contributed by atoms with van der Waals surface area (Å²) < 4.78 is 0.248. The molecule has 8 rings (SSSR count). The van der Waals surface area contributed by atoms with E-state index in [1.807, 2.05) is 0 Å². The summed E-state index contributed by atoms with van der Waals surface area (Å²) in [4.78, 5) is 0. The number of allylic oxidation sites excluding steroid dienone is 2. The van der Waals surface area contributed by atoms with Gasteiger partial charge in [0.1, 0.15) is 0 Å². The zero-order chi connectivity index (χ0) is 38.7. The van der Waals surface area contributed by atoms with Gasteiger partial charge in [0.15, 0.2) is 0 Å². The molecule has 2 saturated carbocycles. The quantitative estimate of drug-likeness (QED) is 0.155. The summed E-state index contributed by atoms with van der Waals surface area (Å²) in [5.41, 5.74) is 16.9. The van der Waals surface area contributed by atoms with Crippen LogP contribution in [0.25, 0.3) is 34.4 Å². The molecule has 0 radical (unpaired) electrons. The molecule has 0 aliphatic heterocycles. The normalized spacial score (nSPS) is 23.9. The Labute approximate surface area is 342 Å². The van der Waals surface area contributed by atoms with Crippen molar-refractivity contribution in [2.24, 2.45) is 11.8 Å². The minimum atomic E-state index is -4.92. The van der Waals surface area contributed by atoms with Crippen LogP contribution in [0, 0.1) is 11.8 Å². The van der Waals surface area contributed by atoms with E-state index < -0.39 is 21.5 Å². The van der Waals surface area contributed by atoms with Crippen LogP contribution in [0.15, 0.2) is 96.1 Å². The molecule has 4 aromatic rings. The van der Waals surface area contributed by atoms with Crippen LogP contribution in [0.3, 0.4) is 0 Å². The van der Waals surface area contributed by atoms with Crippen molar-refractivity contribution in [1.82, 2.24) is 0 Å². The SMILES string of the molecule is CCC1=Cc2c(-c3ccc(C4CCCCC4)cc3)cccc2[CH]1[Zr]([Cl])([Cl])([CH]1C(C2CCC(C)CC2)=Cc2c(-c3ccc(C(C)(C)C)cc3)cccc21)[SiH](C)C. The molecule has 2 fully saturated rings.